The lowest BCUT2D eigenvalue weighted by Gasteiger charge is -2.35. The SMILES string of the molecule is CCCCCCCCC1(O)OC1(O)C1(O)OS(=O)(=O)O1. The van der Waals surface area contributed by atoms with Crippen LogP contribution in [-0.2, 0) is 23.5 Å². The quantitative estimate of drug-likeness (QED) is 0.425. The molecule has 2 unspecified atom stereocenters. The van der Waals surface area contributed by atoms with Crippen LogP contribution in [0.25, 0.3) is 0 Å². The molecule has 2 atom stereocenters. The summed E-state index contributed by atoms with van der Waals surface area (Å²) < 4.78 is 34.2. The van der Waals surface area contributed by atoms with Gasteiger partial charge in [-0.15, -0.1) is 0 Å². The first-order valence-corrected chi connectivity index (χ1v) is 8.05. The summed E-state index contributed by atoms with van der Waals surface area (Å²) in [5, 5.41) is 29.4. The van der Waals surface area contributed by atoms with Crippen molar-refractivity contribution in [2.24, 2.45) is 0 Å². The zero-order valence-corrected chi connectivity index (χ0v) is 12.1. The van der Waals surface area contributed by atoms with Crippen LogP contribution in [0, 0.1) is 0 Å². The molecule has 0 spiro atoms. The highest BCUT2D eigenvalue weighted by molar-refractivity contribution is 7.82. The van der Waals surface area contributed by atoms with Crippen LogP contribution in [0.2, 0.25) is 0 Å². The fourth-order valence-corrected chi connectivity index (χ4v) is 3.08. The molecule has 0 bridgehead atoms. The van der Waals surface area contributed by atoms with Crippen molar-refractivity contribution in [1.82, 2.24) is 0 Å². The van der Waals surface area contributed by atoms with Gasteiger partial charge in [0.05, 0.1) is 0 Å². The Morgan fingerprint density at radius 2 is 1.50 bits per heavy atom. The first kappa shape index (κ1) is 16.1. The first-order valence-electron chi connectivity index (χ1n) is 6.71. The van der Waals surface area contributed by atoms with Gasteiger partial charge in [-0.25, -0.2) is 0 Å². The second kappa shape index (κ2) is 5.16. The van der Waals surface area contributed by atoms with Crippen molar-refractivity contribution in [3.8, 4) is 0 Å². The smallest absolute Gasteiger partial charge is 0.361 e. The molecule has 0 aliphatic carbocycles. The lowest BCUT2D eigenvalue weighted by atomic mass is 10.0. The third-order valence-corrected chi connectivity index (χ3v) is 4.39. The van der Waals surface area contributed by atoms with Crippen molar-refractivity contribution >= 4 is 10.4 Å². The minimum Gasteiger partial charge on any atom is -0.361 e. The molecule has 118 valence electrons. The van der Waals surface area contributed by atoms with Gasteiger partial charge in [-0.3, -0.25) is 0 Å². The Morgan fingerprint density at radius 1 is 0.950 bits per heavy atom. The molecule has 0 aromatic heterocycles. The van der Waals surface area contributed by atoms with Gasteiger partial charge in [0.1, 0.15) is 0 Å². The van der Waals surface area contributed by atoms with E-state index < -0.39 is 27.9 Å². The van der Waals surface area contributed by atoms with Gasteiger partial charge >= 0.3 is 22.2 Å². The molecule has 0 radical (unpaired) electrons. The van der Waals surface area contributed by atoms with E-state index in [1.54, 1.807) is 0 Å². The number of hydrogen-bond donors (Lipinski definition) is 3. The van der Waals surface area contributed by atoms with Crippen molar-refractivity contribution in [2.75, 3.05) is 0 Å². The summed E-state index contributed by atoms with van der Waals surface area (Å²) in [5.41, 5.74) is 0. The number of hydrogen-bond acceptors (Lipinski definition) is 8. The molecule has 0 amide bonds. The Hall–Kier alpha value is -0.290. The molecule has 2 aliphatic heterocycles. The maximum absolute atomic E-state index is 10.7. The van der Waals surface area contributed by atoms with E-state index in [-0.39, 0.29) is 6.42 Å². The summed E-state index contributed by atoms with van der Waals surface area (Å²) in [6.45, 7) is 2.11. The topological polar surface area (TPSA) is 126 Å². The molecule has 0 aromatic carbocycles. The molecular weight excluding hydrogens is 292 g/mol. The lowest BCUT2D eigenvalue weighted by molar-refractivity contribution is -0.399. The second-order valence-electron chi connectivity index (χ2n) is 5.20. The Kier molecular flexibility index (Phi) is 4.15. The average molecular weight is 312 g/mol. The molecule has 2 saturated heterocycles. The monoisotopic (exact) mass is 312 g/mol. The molecule has 20 heavy (non-hydrogen) atoms. The zero-order valence-electron chi connectivity index (χ0n) is 11.2. The van der Waals surface area contributed by atoms with E-state index in [1.165, 1.54) is 0 Å². The van der Waals surface area contributed by atoms with Gasteiger partial charge in [-0.1, -0.05) is 39.0 Å². The number of rotatable bonds is 8. The average Bonchev–Trinajstić information content (AvgIpc) is 2.86. The summed E-state index contributed by atoms with van der Waals surface area (Å²) in [7, 11) is -4.32. The van der Waals surface area contributed by atoms with Crippen molar-refractivity contribution in [3.05, 3.63) is 0 Å². The van der Waals surface area contributed by atoms with Gasteiger partial charge in [0.2, 0.25) is 5.79 Å². The Balaban J connectivity index is 1.77. The number of unbranched alkanes of at least 4 members (excludes halogenated alkanes) is 5. The second-order valence-corrected chi connectivity index (χ2v) is 6.35. The molecule has 3 N–H and O–H groups in total. The van der Waals surface area contributed by atoms with Crippen LogP contribution in [0.4, 0.5) is 0 Å². The third kappa shape index (κ3) is 2.71. The number of ether oxygens (including phenoxy) is 1. The first-order chi connectivity index (χ1) is 9.18. The maximum Gasteiger partial charge on any atom is 0.409 e. The summed E-state index contributed by atoms with van der Waals surface area (Å²) in [5.74, 6) is -7.50. The van der Waals surface area contributed by atoms with Crippen molar-refractivity contribution in [2.45, 2.75) is 69.4 Å². The molecular formula is C11H20O8S. The molecule has 0 saturated carbocycles. The van der Waals surface area contributed by atoms with E-state index in [0.29, 0.717) is 6.42 Å². The molecule has 9 heteroatoms. The minimum absolute atomic E-state index is 0.0463. The number of aliphatic hydroxyl groups is 3. The van der Waals surface area contributed by atoms with Crippen LogP contribution >= 0.6 is 0 Å². The fourth-order valence-electron chi connectivity index (χ4n) is 2.29. The summed E-state index contributed by atoms with van der Waals surface area (Å²) in [6, 6.07) is 0. The van der Waals surface area contributed by atoms with E-state index in [0.717, 1.165) is 32.1 Å². The highest BCUT2D eigenvalue weighted by Gasteiger charge is 2.86. The van der Waals surface area contributed by atoms with Crippen LogP contribution in [0.5, 0.6) is 0 Å². The van der Waals surface area contributed by atoms with E-state index >= 15 is 0 Å². The van der Waals surface area contributed by atoms with Crippen LogP contribution in [-0.4, -0.2) is 41.3 Å². The molecule has 2 aliphatic rings. The highest BCUT2D eigenvalue weighted by atomic mass is 32.3. The third-order valence-electron chi connectivity index (χ3n) is 3.53. The standard InChI is InChI=1S/C11H20O8S/c1-2-3-4-5-6-7-8-9(12)10(13,17-9)11(14)18-20(15,16)19-11/h12-14H,2-8H2,1H3. The summed E-state index contributed by atoms with van der Waals surface area (Å²) >= 11 is 0. The van der Waals surface area contributed by atoms with Crippen molar-refractivity contribution < 1.29 is 36.8 Å². The molecule has 2 heterocycles. The van der Waals surface area contributed by atoms with Crippen LogP contribution in [0.1, 0.15) is 51.9 Å². The minimum atomic E-state index is -4.32. The van der Waals surface area contributed by atoms with E-state index in [4.69, 9.17) is 0 Å². The van der Waals surface area contributed by atoms with Gasteiger partial charge in [0.25, 0.3) is 0 Å². The van der Waals surface area contributed by atoms with E-state index in [2.05, 4.69) is 20.0 Å². The predicted molar refractivity (Wildman–Crippen MR) is 65.0 cm³/mol. The highest BCUT2D eigenvalue weighted by Crippen LogP contribution is 2.57. The molecule has 8 nitrogen and oxygen atoms in total. The Morgan fingerprint density at radius 3 is 2.05 bits per heavy atom. The molecule has 2 rings (SSSR count). The van der Waals surface area contributed by atoms with Crippen LogP contribution in [0.3, 0.4) is 0 Å². The van der Waals surface area contributed by atoms with Gasteiger partial charge in [-0.05, 0) is 6.42 Å². The lowest BCUT2D eigenvalue weighted by Crippen LogP contribution is -2.62. The van der Waals surface area contributed by atoms with Gasteiger partial charge in [0.15, 0.2) is 0 Å². The van der Waals surface area contributed by atoms with Crippen LogP contribution < -0.4 is 0 Å². The zero-order chi connectivity index (χ0) is 15.1. The van der Waals surface area contributed by atoms with Crippen molar-refractivity contribution in [1.29, 1.82) is 0 Å². The summed E-state index contributed by atoms with van der Waals surface area (Å²) in [6.07, 6.45) is 5.80. The molecule has 0 aromatic rings. The maximum atomic E-state index is 10.7. The normalized spacial score (nSPS) is 37.4. The largest absolute Gasteiger partial charge is 0.409 e. The van der Waals surface area contributed by atoms with Crippen LogP contribution in [0.15, 0.2) is 0 Å². The number of epoxide rings is 1. The molecule has 2 fully saturated rings. The van der Waals surface area contributed by atoms with Gasteiger partial charge < -0.3 is 20.1 Å². The predicted octanol–water partition coefficient (Wildman–Crippen LogP) is 0.0821. The fraction of sp³-hybridized carbons (Fsp3) is 1.00. The van der Waals surface area contributed by atoms with Gasteiger partial charge in [0, 0.05) is 6.42 Å². The summed E-state index contributed by atoms with van der Waals surface area (Å²) in [4.78, 5) is 0. The van der Waals surface area contributed by atoms with Crippen molar-refractivity contribution in [3.63, 3.8) is 0 Å². The van der Waals surface area contributed by atoms with Gasteiger partial charge in [-0.2, -0.15) is 16.8 Å². The Bertz CT molecular complexity index is 451. The Labute approximate surface area is 117 Å². The van der Waals surface area contributed by atoms with E-state index in [9.17, 15) is 23.7 Å². The van der Waals surface area contributed by atoms with E-state index in [1.807, 2.05) is 0 Å².